The lowest BCUT2D eigenvalue weighted by Crippen LogP contribution is -2.37. The maximum Gasteiger partial charge on any atom is 0.272 e. The Bertz CT molecular complexity index is 951. The Morgan fingerprint density at radius 1 is 1.11 bits per heavy atom. The van der Waals surface area contributed by atoms with Crippen LogP contribution < -0.4 is 0 Å². The summed E-state index contributed by atoms with van der Waals surface area (Å²) in [6.07, 6.45) is 1.98. The average Bonchev–Trinajstić information content (AvgIpc) is 3.21. The van der Waals surface area contributed by atoms with E-state index < -0.39 is 0 Å². The molecule has 0 radical (unpaired) electrons. The summed E-state index contributed by atoms with van der Waals surface area (Å²) in [5, 5.41) is 11.1. The Balaban J connectivity index is 1.63. The van der Waals surface area contributed by atoms with Gasteiger partial charge in [-0.2, -0.15) is 0 Å². The number of pyridine rings is 1. The van der Waals surface area contributed by atoms with Crippen molar-refractivity contribution < 1.29 is 14.6 Å². The van der Waals surface area contributed by atoms with E-state index in [2.05, 4.69) is 4.98 Å². The molecule has 1 amide bonds. The molecule has 2 heterocycles. The van der Waals surface area contributed by atoms with Crippen LogP contribution in [0.1, 0.15) is 28.9 Å². The van der Waals surface area contributed by atoms with Crippen LogP contribution in [-0.4, -0.2) is 40.2 Å². The molecule has 0 spiro atoms. The standard InChI is InChI=1S/C22H22N2O3/c25-21-10-4-2-7-17(21)14-24(15-18-8-5-13-27-18)22(26)20-12-11-16-6-1-3-9-19(16)23-20/h1-4,6-7,9-12,18,25H,5,8,13-15H2. The predicted octanol–water partition coefficient (Wildman–Crippen LogP) is 3.76. The number of aromatic nitrogens is 1. The van der Waals surface area contributed by atoms with E-state index in [-0.39, 0.29) is 17.8 Å². The first-order valence-electron chi connectivity index (χ1n) is 9.24. The SMILES string of the molecule is O=C(c1ccc2ccccc2n1)N(Cc1ccccc1O)CC1CCCO1. The Morgan fingerprint density at radius 2 is 1.93 bits per heavy atom. The minimum absolute atomic E-state index is 0.0280. The second-order valence-corrected chi connectivity index (χ2v) is 6.84. The van der Waals surface area contributed by atoms with Crippen molar-refractivity contribution in [2.75, 3.05) is 13.2 Å². The van der Waals surface area contributed by atoms with Crippen molar-refractivity contribution in [1.29, 1.82) is 0 Å². The van der Waals surface area contributed by atoms with Crippen LogP contribution >= 0.6 is 0 Å². The first-order chi connectivity index (χ1) is 13.2. The number of hydrogen-bond donors (Lipinski definition) is 1. The molecule has 27 heavy (non-hydrogen) atoms. The third kappa shape index (κ3) is 3.93. The lowest BCUT2D eigenvalue weighted by Gasteiger charge is -2.25. The summed E-state index contributed by atoms with van der Waals surface area (Å²) in [7, 11) is 0. The largest absolute Gasteiger partial charge is 0.508 e. The van der Waals surface area contributed by atoms with Gasteiger partial charge in [0.1, 0.15) is 11.4 Å². The van der Waals surface area contributed by atoms with Crippen molar-refractivity contribution in [2.24, 2.45) is 0 Å². The molecule has 0 bridgehead atoms. The van der Waals surface area contributed by atoms with Gasteiger partial charge < -0.3 is 14.7 Å². The number of phenols is 1. The monoisotopic (exact) mass is 362 g/mol. The lowest BCUT2D eigenvalue weighted by atomic mass is 10.1. The average molecular weight is 362 g/mol. The fraction of sp³-hybridized carbons (Fsp3) is 0.273. The third-order valence-corrected chi connectivity index (χ3v) is 4.91. The molecule has 3 aromatic rings. The number of aromatic hydroxyl groups is 1. The Morgan fingerprint density at radius 3 is 2.74 bits per heavy atom. The molecule has 1 atom stereocenters. The summed E-state index contributed by atoms with van der Waals surface area (Å²) in [6, 6.07) is 18.5. The van der Waals surface area contributed by atoms with Crippen molar-refractivity contribution >= 4 is 16.8 Å². The molecule has 138 valence electrons. The van der Waals surface area contributed by atoms with Gasteiger partial charge in [-0.15, -0.1) is 0 Å². The molecule has 1 aromatic heterocycles. The maximum atomic E-state index is 13.2. The van der Waals surface area contributed by atoms with Crippen LogP contribution in [0, 0.1) is 0 Å². The van der Waals surface area contributed by atoms with E-state index in [4.69, 9.17) is 4.74 Å². The number of fused-ring (bicyclic) bond motifs is 1. The highest BCUT2D eigenvalue weighted by Gasteiger charge is 2.25. The minimum Gasteiger partial charge on any atom is -0.508 e. The summed E-state index contributed by atoms with van der Waals surface area (Å²) in [6.45, 7) is 1.54. The summed E-state index contributed by atoms with van der Waals surface area (Å²) < 4.78 is 5.73. The minimum atomic E-state index is -0.153. The molecule has 1 saturated heterocycles. The van der Waals surface area contributed by atoms with Crippen molar-refractivity contribution in [1.82, 2.24) is 9.88 Å². The quantitative estimate of drug-likeness (QED) is 0.751. The Kier molecular flexibility index (Phi) is 5.03. The van der Waals surface area contributed by atoms with E-state index in [0.717, 1.165) is 30.4 Å². The zero-order valence-electron chi connectivity index (χ0n) is 15.0. The van der Waals surface area contributed by atoms with Crippen LogP contribution in [0.15, 0.2) is 60.7 Å². The highest BCUT2D eigenvalue weighted by atomic mass is 16.5. The molecular weight excluding hydrogens is 340 g/mol. The molecule has 0 aliphatic carbocycles. The van der Waals surface area contributed by atoms with Crippen molar-refractivity contribution in [3.05, 3.63) is 71.9 Å². The van der Waals surface area contributed by atoms with E-state index in [1.54, 1.807) is 23.1 Å². The van der Waals surface area contributed by atoms with Gasteiger partial charge in [-0.3, -0.25) is 4.79 Å². The topological polar surface area (TPSA) is 62.7 Å². The first kappa shape index (κ1) is 17.5. The summed E-state index contributed by atoms with van der Waals surface area (Å²) in [5.41, 5.74) is 1.91. The highest BCUT2D eigenvalue weighted by molar-refractivity contribution is 5.95. The number of benzene rings is 2. The van der Waals surface area contributed by atoms with E-state index in [1.807, 2.05) is 42.5 Å². The van der Waals surface area contributed by atoms with Crippen molar-refractivity contribution in [2.45, 2.75) is 25.5 Å². The number of ether oxygens (including phenoxy) is 1. The molecule has 4 rings (SSSR count). The fourth-order valence-corrected chi connectivity index (χ4v) is 3.45. The van der Waals surface area contributed by atoms with Crippen molar-refractivity contribution in [3.63, 3.8) is 0 Å². The van der Waals surface area contributed by atoms with Gasteiger partial charge in [0, 0.05) is 30.6 Å². The number of carbonyl (C=O) groups excluding carboxylic acids is 1. The van der Waals surface area contributed by atoms with Gasteiger partial charge in [0.15, 0.2) is 0 Å². The Hall–Kier alpha value is -2.92. The lowest BCUT2D eigenvalue weighted by molar-refractivity contribution is 0.0502. The van der Waals surface area contributed by atoms with Gasteiger partial charge in [0.2, 0.25) is 0 Å². The van der Waals surface area contributed by atoms with Crippen LogP contribution in [0.4, 0.5) is 0 Å². The van der Waals surface area contributed by atoms with E-state index in [9.17, 15) is 9.90 Å². The number of rotatable bonds is 5. The zero-order valence-corrected chi connectivity index (χ0v) is 15.0. The van der Waals surface area contributed by atoms with Crippen LogP contribution in [0.25, 0.3) is 10.9 Å². The van der Waals surface area contributed by atoms with Gasteiger partial charge in [-0.25, -0.2) is 4.98 Å². The maximum absolute atomic E-state index is 13.2. The first-order valence-corrected chi connectivity index (χ1v) is 9.24. The molecule has 1 unspecified atom stereocenters. The second kappa shape index (κ2) is 7.76. The summed E-state index contributed by atoms with van der Waals surface area (Å²) in [5.74, 6) is 0.0358. The molecule has 5 heteroatoms. The molecule has 1 N–H and O–H groups in total. The third-order valence-electron chi connectivity index (χ3n) is 4.91. The van der Waals surface area contributed by atoms with Crippen molar-refractivity contribution in [3.8, 4) is 5.75 Å². The number of nitrogens with zero attached hydrogens (tertiary/aromatic N) is 2. The van der Waals surface area contributed by atoms with Crippen LogP contribution in [0.2, 0.25) is 0 Å². The van der Waals surface area contributed by atoms with Gasteiger partial charge in [-0.1, -0.05) is 42.5 Å². The van der Waals surface area contributed by atoms with Gasteiger partial charge in [-0.05, 0) is 31.0 Å². The normalized spacial score (nSPS) is 16.5. The Labute approximate surface area is 158 Å². The predicted molar refractivity (Wildman–Crippen MR) is 104 cm³/mol. The van der Waals surface area contributed by atoms with E-state index >= 15 is 0 Å². The molecule has 5 nitrogen and oxygen atoms in total. The van der Waals surface area contributed by atoms with E-state index in [1.165, 1.54) is 0 Å². The van der Waals surface area contributed by atoms with E-state index in [0.29, 0.717) is 24.3 Å². The second-order valence-electron chi connectivity index (χ2n) is 6.84. The zero-order chi connectivity index (χ0) is 18.6. The van der Waals surface area contributed by atoms with Gasteiger partial charge >= 0.3 is 0 Å². The number of para-hydroxylation sites is 2. The van der Waals surface area contributed by atoms with Gasteiger partial charge in [0.05, 0.1) is 11.6 Å². The van der Waals surface area contributed by atoms with Gasteiger partial charge in [0.25, 0.3) is 5.91 Å². The summed E-state index contributed by atoms with van der Waals surface area (Å²) >= 11 is 0. The van der Waals surface area contributed by atoms with Crippen LogP contribution in [0.3, 0.4) is 0 Å². The molecule has 1 aliphatic heterocycles. The highest BCUT2D eigenvalue weighted by Crippen LogP contribution is 2.22. The molecular formula is C22H22N2O3. The molecule has 1 aliphatic rings. The summed E-state index contributed by atoms with van der Waals surface area (Å²) in [4.78, 5) is 19.5. The number of hydrogen-bond acceptors (Lipinski definition) is 4. The van der Waals surface area contributed by atoms with Crippen LogP contribution in [0.5, 0.6) is 5.75 Å². The number of carbonyl (C=O) groups is 1. The number of amides is 1. The fourth-order valence-electron chi connectivity index (χ4n) is 3.45. The van der Waals surface area contributed by atoms with Crippen LogP contribution in [-0.2, 0) is 11.3 Å². The molecule has 2 aromatic carbocycles. The number of phenolic OH excluding ortho intramolecular Hbond substituents is 1. The molecule has 0 saturated carbocycles. The molecule has 1 fully saturated rings. The smallest absolute Gasteiger partial charge is 0.272 e.